The van der Waals surface area contributed by atoms with Crippen LogP contribution in [-0.2, 0) is 15.6 Å². The van der Waals surface area contributed by atoms with Crippen molar-refractivity contribution >= 4 is 27.0 Å². The molecule has 176 valence electrons. The summed E-state index contributed by atoms with van der Waals surface area (Å²) >= 11 is 1.18. The molecule has 2 heterocycles. The molecule has 1 saturated carbocycles. The zero-order valence-electron chi connectivity index (χ0n) is 17.5. The normalized spacial score (nSPS) is 22.7. The smallest absolute Gasteiger partial charge is 0.376 e. The third kappa shape index (κ3) is 4.67. The van der Waals surface area contributed by atoms with E-state index in [0.29, 0.717) is 29.0 Å². The summed E-state index contributed by atoms with van der Waals surface area (Å²) in [5.74, 6) is 0. The Morgan fingerprint density at radius 1 is 1.16 bits per heavy atom. The van der Waals surface area contributed by atoms with Crippen molar-refractivity contribution in [1.82, 2.24) is 9.62 Å². The number of hydrogen-bond donors (Lipinski definition) is 2. The highest BCUT2D eigenvalue weighted by molar-refractivity contribution is 7.91. The van der Waals surface area contributed by atoms with E-state index in [4.69, 9.17) is 0 Å². The SMILES string of the molecule is C[C@](O)(c1ccc(N2CCN(S(=O)(=O)c3cccs3)C[C@@H]2CNC2CC2)cc1)C(F)(F)F. The summed E-state index contributed by atoms with van der Waals surface area (Å²) in [6.07, 6.45) is -2.61. The van der Waals surface area contributed by atoms with Gasteiger partial charge >= 0.3 is 6.18 Å². The lowest BCUT2D eigenvalue weighted by Crippen LogP contribution is -2.58. The summed E-state index contributed by atoms with van der Waals surface area (Å²) in [6.45, 7) is 2.28. The topological polar surface area (TPSA) is 72.9 Å². The van der Waals surface area contributed by atoms with Crippen LogP contribution >= 0.6 is 11.3 Å². The van der Waals surface area contributed by atoms with Crippen LogP contribution in [0, 0.1) is 0 Å². The van der Waals surface area contributed by atoms with E-state index < -0.39 is 21.8 Å². The minimum absolute atomic E-state index is 0.173. The van der Waals surface area contributed by atoms with E-state index in [1.54, 1.807) is 29.6 Å². The number of aliphatic hydroxyl groups is 1. The van der Waals surface area contributed by atoms with E-state index in [0.717, 1.165) is 19.8 Å². The predicted octanol–water partition coefficient (Wildman–Crippen LogP) is 3.15. The van der Waals surface area contributed by atoms with Crippen LogP contribution in [0.4, 0.5) is 18.9 Å². The number of piperazine rings is 1. The molecule has 6 nitrogen and oxygen atoms in total. The van der Waals surface area contributed by atoms with E-state index in [1.165, 1.54) is 27.8 Å². The van der Waals surface area contributed by atoms with Crippen LogP contribution in [0.1, 0.15) is 25.3 Å². The number of anilines is 1. The van der Waals surface area contributed by atoms with Crippen LogP contribution in [0.15, 0.2) is 46.0 Å². The lowest BCUT2D eigenvalue weighted by atomic mass is 9.95. The fraction of sp³-hybridized carbons (Fsp3) is 0.524. The fourth-order valence-electron chi connectivity index (χ4n) is 3.83. The molecule has 2 aliphatic rings. The molecule has 0 amide bonds. The van der Waals surface area contributed by atoms with Crippen LogP contribution in [0.25, 0.3) is 0 Å². The van der Waals surface area contributed by atoms with Gasteiger partial charge in [-0.05, 0) is 48.9 Å². The van der Waals surface area contributed by atoms with Gasteiger partial charge in [0.15, 0.2) is 5.60 Å². The van der Waals surface area contributed by atoms with Crippen molar-refractivity contribution in [3.8, 4) is 0 Å². The minimum atomic E-state index is -4.78. The number of benzene rings is 1. The molecule has 2 atom stereocenters. The summed E-state index contributed by atoms with van der Waals surface area (Å²) in [4.78, 5) is 2.03. The van der Waals surface area contributed by atoms with E-state index in [9.17, 15) is 26.7 Å². The summed E-state index contributed by atoms with van der Waals surface area (Å²) in [5, 5.41) is 15.1. The first kappa shape index (κ1) is 23.5. The van der Waals surface area contributed by atoms with Gasteiger partial charge in [0.1, 0.15) is 4.21 Å². The zero-order valence-corrected chi connectivity index (χ0v) is 19.2. The molecule has 0 bridgehead atoms. The number of thiophene rings is 1. The Labute approximate surface area is 189 Å². The average Bonchev–Trinajstić information content (AvgIpc) is 3.40. The maximum absolute atomic E-state index is 13.2. The van der Waals surface area contributed by atoms with Gasteiger partial charge in [-0.15, -0.1) is 11.3 Å². The molecule has 1 aliphatic carbocycles. The second kappa shape index (κ2) is 8.60. The molecule has 1 aliphatic heterocycles. The fourth-order valence-corrected chi connectivity index (χ4v) is 6.44. The van der Waals surface area contributed by atoms with Gasteiger partial charge in [0.05, 0.1) is 6.04 Å². The largest absolute Gasteiger partial charge is 0.421 e. The molecule has 2 N–H and O–H groups in total. The molecule has 0 radical (unpaired) electrons. The lowest BCUT2D eigenvalue weighted by Gasteiger charge is -2.42. The van der Waals surface area contributed by atoms with Gasteiger partial charge in [-0.2, -0.15) is 17.5 Å². The number of sulfonamides is 1. The van der Waals surface area contributed by atoms with Crippen LogP contribution in [0.3, 0.4) is 0 Å². The van der Waals surface area contributed by atoms with Gasteiger partial charge in [0, 0.05) is 37.9 Å². The molecule has 4 rings (SSSR count). The monoisotopic (exact) mass is 489 g/mol. The molecule has 0 spiro atoms. The summed E-state index contributed by atoms with van der Waals surface area (Å²) in [5.41, 5.74) is -2.48. The summed E-state index contributed by atoms with van der Waals surface area (Å²) < 4.78 is 67.3. The number of nitrogens with one attached hydrogen (secondary N) is 1. The van der Waals surface area contributed by atoms with Crippen LogP contribution in [0.2, 0.25) is 0 Å². The Kier molecular flexibility index (Phi) is 6.32. The molecular weight excluding hydrogens is 463 g/mol. The van der Waals surface area contributed by atoms with Crippen molar-refractivity contribution in [3.05, 3.63) is 47.3 Å². The standard InChI is InChI=1S/C21H26F3N3O3S2/c1-20(28,21(22,23)24)15-4-8-17(9-5-15)27-11-10-26(14-18(27)13-25-16-6-7-16)32(29,30)19-3-2-12-31-19/h2-5,8-9,12,16,18,25,28H,6-7,10-11,13-14H2,1H3/t18-,20-/m0/s1. The Balaban J connectivity index is 1.55. The third-order valence-electron chi connectivity index (χ3n) is 6.07. The van der Waals surface area contributed by atoms with Crippen molar-refractivity contribution in [2.45, 2.75) is 47.8 Å². The maximum atomic E-state index is 13.2. The first-order chi connectivity index (χ1) is 15.0. The molecule has 1 saturated heterocycles. The van der Waals surface area contributed by atoms with Gasteiger partial charge in [0.2, 0.25) is 0 Å². The van der Waals surface area contributed by atoms with Crippen molar-refractivity contribution in [2.75, 3.05) is 31.1 Å². The summed E-state index contributed by atoms with van der Waals surface area (Å²) in [6, 6.07) is 9.24. The lowest BCUT2D eigenvalue weighted by molar-refractivity contribution is -0.258. The van der Waals surface area contributed by atoms with Gasteiger partial charge in [-0.3, -0.25) is 0 Å². The van der Waals surface area contributed by atoms with Crippen molar-refractivity contribution < 1.29 is 26.7 Å². The van der Waals surface area contributed by atoms with Gasteiger partial charge < -0.3 is 15.3 Å². The van der Waals surface area contributed by atoms with Crippen LogP contribution in [-0.4, -0.2) is 62.3 Å². The van der Waals surface area contributed by atoms with E-state index in [2.05, 4.69) is 5.32 Å². The number of rotatable bonds is 7. The quantitative estimate of drug-likeness (QED) is 0.625. The Bertz CT molecular complexity index is 1020. The second-order valence-corrected chi connectivity index (χ2v) is 11.6. The number of alkyl halides is 3. The molecule has 2 fully saturated rings. The molecule has 11 heteroatoms. The van der Waals surface area contributed by atoms with E-state index in [1.807, 2.05) is 4.90 Å². The molecule has 2 aromatic rings. The first-order valence-electron chi connectivity index (χ1n) is 10.4. The Morgan fingerprint density at radius 3 is 2.41 bits per heavy atom. The Morgan fingerprint density at radius 2 is 1.84 bits per heavy atom. The average molecular weight is 490 g/mol. The highest BCUT2D eigenvalue weighted by atomic mass is 32.2. The van der Waals surface area contributed by atoms with Gasteiger partial charge in [-0.25, -0.2) is 8.42 Å². The zero-order chi connectivity index (χ0) is 23.1. The van der Waals surface area contributed by atoms with E-state index in [-0.39, 0.29) is 24.7 Å². The first-order valence-corrected chi connectivity index (χ1v) is 12.8. The number of hydrogen-bond acceptors (Lipinski definition) is 6. The molecule has 0 unspecified atom stereocenters. The number of nitrogens with zero attached hydrogens (tertiary/aromatic N) is 2. The van der Waals surface area contributed by atoms with Crippen LogP contribution in [0.5, 0.6) is 0 Å². The van der Waals surface area contributed by atoms with Gasteiger partial charge in [0.25, 0.3) is 10.0 Å². The second-order valence-electron chi connectivity index (χ2n) is 8.44. The number of halogens is 3. The van der Waals surface area contributed by atoms with E-state index >= 15 is 0 Å². The third-order valence-corrected chi connectivity index (χ3v) is 9.31. The molecule has 1 aromatic heterocycles. The van der Waals surface area contributed by atoms with Crippen molar-refractivity contribution in [1.29, 1.82) is 0 Å². The van der Waals surface area contributed by atoms with Crippen molar-refractivity contribution in [3.63, 3.8) is 0 Å². The Hall–Kier alpha value is -1.66. The van der Waals surface area contributed by atoms with Crippen molar-refractivity contribution in [2.24, 2.45) is 0 Å². The molecular formula is C21H26F3N3O3S2. The maximum Gasteiger partial charge on any atom is 0.421 e. The highest BCUT2D eigenvalue weighted by Gasteiger charge is 2.51. The predicted molar refractivity (Wildman–Crippen MR) is 117 cm³/mol. The van der Waals surface area contributed by atoms with Gasteiger partial charge in [-0.1, -0.05) is 18.2 Å². The minimum Gasteiger partial charge on any atom is -0.376 e. The molecule has 32 heavy (non-hydrogen) atoms. The molecule has 1 aromatic carbocycles. The van der Waals surface area contributed by atoms with Crippen LogP contribution < -0.4 is 10.2 Å². The summed E-state index contributed by atoms with van der Waals surface area (Å²) in [7, 11) is -3.58. The highest BCUT2D eigenvalue weighted by Crippen LogP contribution is 2.39.